The molecule has 2 aromatic carbocycles. The summed E-state index contributed by atoms with van der Waals surface area (Å²) >= 11 is 0. The molecule has 0 spiro atoms. The Bertz CT molecular complexity index is 1010. The number of hydrogen-bond acceptors (Lipinski definition) is 4. The second-order valence-corrected chi connectivity index (χ2v) is 6.89. The Morgan fingerprint density at radius 1 is 0.929 bits per heavy atom. The van der Waals surface area contributed by atoms with E-state index in [0.717, 1.165) is 22.6 Å². The van der Waals surface area contributed by atoms with E-state index < -0.39 is 0 Å². The fraction of sp³-hybridized carbons (Fsp3) is 0.174. The number of carbonyl (C=O) groups is 2. The molecule has 142 valence electrons. The molecule has 0 saturated carbocycles. The van der Waals surface area contributed by atoms with Crippen LogP contribution in [0.5, 0.6) is 0 Å². The monoisotopic (exact) mass is 373 g/mol. The Kier molecular flexibility index (Phi) is 5.84. The zero-order valence-corrected chi connectivity index (χ0v) is 16.2. The normalized spacial score (nSPS) is 10.6. The molecule has 0 radical (unpaired) electrons. The Morgan fingerprint density at radius 3 is 2.43 bits per heavy atom. The van der Waals surface area contributed by atoms with Crippen molar-refractivity contribution in [3.8, 4) is 0 Å². The summed E-state index contributed by atoms with van der Waals surface area (Å²) in [6, 6.07) is 18.5. The van der Waals surface area contributed by atoms with Crippen molar-refractivity contribution in [2.24, 2.45) is 0 Å². The van der Waals surface area contributed by atoms with Gasteiger partial charge in [-0.3, -0.25) is 14.6 Å². The van der Waals surface area contributed by atoms with E-state index in [1.807, 2.05) is 36.4 Å². The molecule has 0 unspecified atom stereocenters. The minimum absolute atomic E-state index is 0.00210. The first-order chi connectivity index (χ1) is 13.4. The lowest BCUT2D eigenvalue weighted by atomic mass is 10.0. The molecule has 1 heterocycles. The number of nitrogens with one attached hydrogen (secondary N) is 2. The number of para-hydroxylation sites is 1. The van der Waals surface area contributed by atoms with E-state index in [2.05, 4.69) is 29.5 Å². The van der Waals surface area contributed by atoms with Crippen molar-refractivity contribution in [2.45, 2.75) is 26.7 Å². The number of pyridine rings is 1. The van der Waals surface area contributed by atoms with Crippen LogP contribution in [-0.2, 0) is 0 Å². The summed E-state index contributed by atoms with van der Waals surface area (Å²) in [5.41, 5.74) is 4.30. The molecule has 28 heavy (non-hydrogen) atoms. The van der Waals surface area contributed by atoms with Crippen molar-refractivity contribution < 1.29 is 9.59 Å². The van der Waals surface area contributed by atoms with Crippen LogP contribution in [0, 0.1) is 0 Å². The second kappa shape index (κ2) is 8.48. The molecule has 0 aliphatic rings. The topological polar surface area (TPSA) is 71.1 Å². The number of Topliss-reactive ketones (excluding diaryl/α,β-unsaturated/α-hetero) is 1. The van der Waals surface area contributed by atoms with Crippen LogP contribution in [0.25, 0.3) is 0 Å². The lowest BCUT2D eigenvalue weighted by Gasteiger charge is -2.14. The average Bonchev–Trinajstić information content (AvgIpc) is 2.68. The molecule has 2 N–H and O–H groups in total. The lowest BCUT2D eigenvalue weighted by Crippen LogP contribution is -2.15. The molecular formula is C23H23N3O2. The molecule has 0 fully saturated rings. The highest BCUT2D eigenvalue weighted by Crippen LogP contribution is 2.24. The average molecular weight is 373 g/mol. The van der Waals surface area contributed by atoms with Crippen molar-refractivity contribution in [3.05, 3.63) is 83.7 Å². The summed E-state index contributed by atoms with van der Waals surface area (Å²) in [6.07, 6.45) is 1.58. The van der Waals surface area contributed by atoms with Crippen LogP contribution in [0.2, 0.25) is 0 Å². The van der Waals surface area contributed by atoms with E-state index in [0.29, 0.717) is 17.2 Å². The van der Waals surface area contributed by atoms with Crippen LogP contribution in [-0.4, -0.2) is 16.7 Å². The van der Waals surface area contributed by atoms with Gasteiger partial charge in [0.15, 0.2) is 5.78 Å². The molecule has 0 aliphatic carbocycles. The summed E-state index contributed by atoms with van der Waals surface area (Å²) < 4.78 is 0. The van der Waals surface area contributed by atoms with E-state index in [9.17, 15) is 9.59 Å². The van der Waals surface area contributed by atoms with Crippen molar-refractivity contribution >= 4 is 28.8 Å². The summed E-state index contributed by atoms with van der Waals surface area (Å²) in [4.78, 5) is 28.4. The zero-order chi connectivity index (χ0) is 20.1. The van der Waals surface area contributed by atoms with Crippen LogP contribution in [0.1, 0.15) is 53.1 Å². The molecule has 3 aromatic rings. The summed E-state index contributed by atoms with van der Waals surface area (Å²) in [6.45, 7) is 5.70. The summed E-state index contributed by atoms with van der Waals surface area (Å²) in [7, 11) is 0. The van der Waals surface area contributed by atoms with Gasteiger partial charge >= 0.3 is 0 Å². The first kappa shape index (κ1) is 19.3. The Balaban J connectivity index is 1.79. The first-order valence-electron chi connectivity index (χ1n) is 9.18. The van der Waals surface area contributed by atoms with Gasteiger partial charge in [-0.25, -0.2) is 0 Å². The number of nitrogens with zero attached hydrogens (tertiary/aromatic N) is 1. The van der Waals surface area contributed by atoms with Crippen molar-refractivity contribution in [2.75, 3.05) is 10.6 Å². The second-order valence-electron chi connectivity index (χ2n) is 6.89. The van der Waals surface area contributed by atoms with Crippen LogP contribution in [0.3, 0.4) is 0 Å². The third kappa shape index (κ3) is 4.62. The molecule has 3 rings (SSSR count). The maximum Gasteiger partial charge on any atom is 0.274 e. The Morgan fingerprint density at radius 2 is 1.68 bits per heavy atom. The fourth-order valence-corrected chi connectivity index (χ4v) is 2.92. The SMILES string of the molecule is CC(=O)c1cccc(Nc2ccnc(C(=O)Nc3ccccc3C(C)C)c2)c1. The standard InChI is InChI=1S/C23H23N3O2/c1-15(2)20-9-4-5-10-21(20)26-23(28)22-14-19(11-12-24-22)25-18-8-6-7-17(13-18)16(3)27/h4-15H,1-3H3,(H,24,25)(H,26,28). The minimum atomic E-state index is -0.269. The van der Waals surface area contributed by atoms with E-state index >= 15 is 0 Å². The molecular weight excluding hydrogens is 350 g/mol. The fourth-order valence-electron chi connectivity index (χ4n) is 2.92. The van der Waals surface area contributed by atoms with E-state index in [4.69, 9.17) is 0 Å². The van der Waals surface area contributed by atoms with E-state index in [1.165, 1.54) is 6.92 Å². The van der Waals surface area contributed by atoms with Gasteiger partial charge in [-0.15, -0.1) is 0 Å². The highest BCUT2D eigenvalue weighted by molar-refractivity contribution is 6.04. The Labute approximate surface area is 164 Å². The molecule has 0 atom stereocenters. The number of benzene rings is 2. The van der Waals surface area contributed by atoms with Crippen LogP contribution in [0.15, 0.2) is 66.9 Å². The molecule has 1 aromatic heterocycles. The molecule has 0 aliphatic heterocycles. The van der Waals surface area contributed by atoms with E-state index in [1.54, 1.807) is 30.5 Å². The maximum absolute atomic E-state index is 12.7. The summed E-state index contributed by atoms with van der Waals surface area (Å²) in [5.74, 6) is 0.0301. The van der Waals surface area contributed by atoms with Gasteiger partial charge in [0.1, 0.15) is 5.69 Å². The quantitative estimate of drug-likeness (QED) is 0.567. The number of rotatable bonds is 6. The predicted octanol–water partition coefficient (Wildman–Crippen LogP) is 5.40. The van der Waals surface area contributed by atoms with Crippen molar-refractivity contribution in [1.82, 2.24) is 4.98 Å². The van der Waals surface area contributed by atoms with E-state index in [-0.39, 0.29) is 11.7 Å². The maximum atomic E-state index is 12.7. The third-order valence-corrected chi connectivity index (χ3v) is 4.38. The molecule has 1 amide bonds. The summed E-state index contributed by atoms with van der Waals surface area (Å²) in [5, 5.41) is 6.17. The van der Waals surface area contributed by atoms with Gasteiger partial charge in [0.25, 0.3) is 5.91 Å². The Hall–Kier alpha value is -3.47. The van der Waals surface area contributed by atoms with Gasteiger partial charge in [0.05, 0.1) is 0 Å². The lowest BCUT2D eigenvalue weighted by molar-refractivity contribution is 0.101. The van der Waals surface area contributed by atoms with Crippen LogP contribution < -0.4 is 10.6 Å². The number of carbonyl (C=O) groups excluding carboxylic acids is 2. The number of amides is 1. The van der Waals surface area contributed by atoms with Gasteiger partial charge in [0, 0.05) is 28.8 Å². The molecule has 0 saturated heterocycles. The number of anilines is 3. The minimum Gasteiger partial charge on any atom is -0.355 e. The van der Waals surface area contributed by atoms with Gasteiger partial charge < -0.3 is 10.6 Å². The third-order valence-electron chi connectivity index (χ3n) is 4.38. The smallest absolute Gasteiger partial charge is 0.274 e. The number of ketones is 1. The van der Waals surface area contributed by atoms with Gasteiger partial charge in [-0.05, 0) is 48.7 Å². The predicted molar refractivity (Wildman–Crippen MR) is 112 cm³/mol. The van der Waals surface area contributed by atoms with Crippen molar-refractivity contribution in [3.63, 3.8) is 0 Å². The highest BCUT2D eigenvalue weighted by Gasteiger charge is 2.12. The largest absolute Gasteiger partial charge is 0.355 e. The van der Waals surface area contributed by atoms with Crippen LogP contribution >= 0.6 is 0 Å². The zero-order valence-electron chi connectivity index (χ0n) is 16.2. The first-order valence-corrected chi connectivity index (χ1v) is 9.18. The molecule has 5 heteroatoms. The van der Waals surface area contributed by atoms with Gasteiger partial charge in [-0.2, -0.15) is 0 Å². The highest BCUT2D eigenvalue weighted by atomic mass is 16.2. The number of hydrogen-bond donors (Lipinski definition) is 2. The van der Waals surface area contributed by atoms with Gasteiger partial charge in [0.2, 0.25) is 0 Å². The van der Waals surface area contributed by atoms with Crippen LogP contribution in [0.4, 0.5) is 17.1 Å². The molecule has 5 nitrogen and oxygen atoms in total. The van der Waals surface area contributed by atoms with Gasteiger partial charge in [-0.1, -0.05) is 44.2 Å². The molecule has 0 bridgehead atoms. The van der Waals surface area contributed by atoms with Crippen molar-refractivity contribution in [1.29, 1.82) is 0 Å². The number of aromatic nitrogens is 1.